The molecule has 0 aliphatic heterocycles. The fraction of sp³-hybridized carbons (Fsp3) is 0.0714. The van der Waals surface area contributed by atoms with Gasteiger partial charge in [0.05, 0.1) is 0 Å². The molecule has 6 aromatic carbocycles. The predicted molar refractivity (Wildman–Crippen MR) is 123 cm³/mol. The number of fused-ring (bicyclic) bond motifs is 2. The summed E-state index contributed by atoms with van der Waals surface area (Å²) in [6, 6.07) is 31.4. The second-order valence-corrected chi connectivity index (χ2v) is 7.85. The standard InChI is InChI=1S/C28H20/c1-17-7-3-11-21(18(17)2)24-16-15-20-10-5-13-23-22-12-4-8-19-9-6-14-25(26(19)22)28(24)27(20)23/h3-16H,1-2H3. The van der Waals surface area contributed by atoms with E-state index in [4.69, 9.17) is 0 Å². The van der Waals surface area contributed by atoms with Gasteiger partial charge in [0.2, 0.25) is 0 Å². The molecule has 0 aliphatic rings. The molecule has 28 heavy (non-hydrogen) atoms. The minimum atomic E-state index is 1.31. The molecule has 0 fully saturated rings. The monoisotopic (exact) mass is 356 g/mol. The average Bonchev–Trinajstić information content (AvgIpc) is 2.73. The second kappa shape index (κ2) is 5.56. The second-order valence-electron chi connectivity index (χ2n) is 7.85. The van der Waals surface area contributed by atoms with Crippen LogP contribution in [0.5, 0.6) is 0 Å². The number of hydrogen-bond acceptors (Lipinski definition) is 0. The van der Waals surface area contributed by atoms with E-state index in [9.17, 15) is 0 Å². The van der Waals surface area contributed by atoms with Crippen molar-refractivity contribution in [1.29, 1.82) is 0 Å². The maximum absolute atomic E-state index is 2.32. The summed E-state index contributed by atoms with van der Waals surface area (Å²) in [6.45, 7) is 4.44. The first-order valence-electron chi connectivity index (χ1n) is 9.89. The largest absolute Gasteiger partial charge is 0.0614 e. The van der Waals surface area contributed by atoms with Gasteiger partial charge in [-0.3, -0.25) is 0 Å². The Hall–Kier alpha value is -3.38. The Labute approximate surface area is 164 Å². The van der Waals surface area contributed by atoms with Crippen LogP contribution in [0, 0.1) is 13.8 Å². The highest BCUT2D eigenvalue weighted by Gasteiger charge is 2.17. The normalized spacial score (nSPS) is 11.9. The van der Waals surface area contributed by atoms with Crippen molar-refractivity contribution in [2.24, 2.45) is 0 Å². The Morgan fingerprint density at radius 1 is 0.429 bits per heavy atom. The minimum absolute atomic E-state index is 1.31. The molecule has 0 bridgehead atoms. The summed E-state index contributed by atoms with van der Waals surface area (Å²) in [7, 11) is 0. The molecule has 0 amide bonds. The van der Waals surface area contributed by atoms with Crippen LogP contribution in [0.3, 0.4) is 0 Å². The average molecular weight is 356 g/mol. The number of aryl methyl sites for hydroxylation is 1. The fourth-order valence-corrected chi connectivity index (χ4v) is 4.92. The first-order chi connectivity index (χ1) is 13.7. The van der Waals surface area contributed by atoms with E-state index < -0.39 is 0 Å². The van der Waals surface area contributed by atoms with Gasteiger partial charge in [-0.1, -0.05) is 84.9 Å². The molecule has 0 saturated carbocycles. The lowest BCUT2D eigenvalue weighted by Crippen LogP contribution is -1.92. The maximum Gasteiger partial charge on any atom is -0.00140 e. The maximum atomic E-state index is 2.32. The highest BCUT2D eigenvalue weighted by atomic mass is 14.2. The molecular weight excluding hydrogens is 336 g/mol. The van der Waals surface area contributed by atoms with Crippen molar-refractivity contribution < 1.29 is 0 Å². The Morgan fingerprint density at radius 3 is 1.79 bits per heavy atom. The van der Waals surface area contributed by atoms with Gasteiger partial charge < -0.3 is 0 Å². The van der Waals surface area contributed by atoms with Crippen LogP contribution in [0.25, 0.3) is 54.2 Å². The summed E-state index contributed by atoms with van der Waals surface area (Å²) < 4.78 is 0. The first-order valence-corrected chi connectivity index (χ1v) is 9.89. The third-order valence-electron chi connectivity index (χ3n) is 6.40. The van der Waals surface area contributed by atoms with Crippen LogP contribution in [0.1, 0.15) is 11.1 Å². The SMILES string of the molecule is Cc1cccc(-c2ccc3cccc4c5cccc6cccc(c2c34)c65)c1C. The zero-order valence-corrected chi connectivity index (χ0v) is 16.1. The Morgan fingerprint density at radius 2 is 1.04 bits per heavy atom. The summed E-state index contributed by atoms with van der Waals surface area (Å²) in [6.07, 6.45) is 0. The summed E-state index contributed by atoms with van der Waals surface area (Å²) in [5.41, 5.74) is 5.38. The highest BCUT2D eigenvalue weighted by Crippen LogP contribution is 2.44. The van der Waals surface area contributed by atoms with E-state index in [0.29, 0.717) is 0 Å². The van der Waals surface area contributed by atoms with E-state index in [0.717, 1.165) is 0 Å². The Bertz CT molecular complexity index is 1510. The third-order valence-corrected chi connectivity index (χ3v) is 6.40. The van der Waals surface area contributed by atoms with Gasteiger partial charge >= 0.3 is 0 Å². The zero-order valence-electron chi connectivity index (χ0n) is 16.1. The van der Waals surface area contributed by atoms with Gasteiger partial charge in [-0.2, -0.15) is 0 Å². The fourth-order valence-electron chi connectivity index (χ4n) is 4.92. The summed E-state index contributed by atoms with van der Waals surface area (Å²) in [5, 5.41) is 10.8. The molecular formula is C28H20. The van der Waals surface area contributed by atoms with E-state index >= 15 is 0 Å². The van der Waals surface area contributed by atoms with Gasteiger partial charge in [-0.15, -0.1) is 0 Å². The van der Waals surface area contributed by atoms with Crippen LogP contribution in [0.4, 0.5) is 0 Å². The van der Waals surface area contributed by atoms with Crippen LogP contribution < -0.4 is 0 Å². The molecule has 0 atom stereocenters. The van der Waals surface area contributed by atoms with Crippen molar-refractivity contribution in [1.82, 2.24) is 0 Å². The van der Waals surface area contributed by atoms with Crippen molar-refractivity contribution in [3.8, 4) is 11.1 Å². The van der Waals surface area contributed by atoms with Crippen molar-refractivity contribution in [2.45, 2.75) is 13.8 Å². The van der Waals surface area contributed by atoms with Crippen molar-refractivity contribution in [3.63, 3.8) is 0 Å². The van der Waals surface area contributed by atoms with Crippen molar-refractivity contribution in [2.75, 3.05) is 0 Å². The van der Waals surface area contributed by atoms with Gasteiger partial charge in [0.1, 0.15) is 0 Å². The Kier molecular flexibility index (Phi) is 3.11. The lowest BCUT2D eigenvalue weighted by atomic mass is 9.85. The molecule has 0 N–H and O–H groups in total. The highest BCUT2D eigenvalue weighted by molar-refractivity contribution is 6.35. The first kappa shape index (κ1) is 15.7. The molecule has 6 aromatic rings. The van der Waals surface area contributed by atoms with Gasteiger partial charge in [0, 0.05) is 0 Å². The van der Waals surface area contributed by atoms with E-state index in [2.05, 4.69) is 98.8 Å². The lowest BCUT2D eigenvalue weighted by Gasteiger charge is -2.18. The molecule has 0 saturated heterocycles. The molecule has 6 rings (SSSR count). The van der Waals surface area contributed by atoms with E-state index in [1.807, 2.05) is 0 Å². The van der Waals surface area contributed by atoms with Crippen molar-refractivity contribution in [3.05, 3.63) is 96.1 Å². The topological polar surface area (TPSA) is 0 Å². The summed E-state index contributed by atoms with van der Waals surface area (Å²) in [4.78, 5) is 0. The smallest absolute Gasteiger partial charge is 0.00140 e. The van der Waals surface area contributed by atoms with Crippen LogP contribution >= 0.6 is 0 Å². The predicted octanol–water partition coefficient (Wildman–Crippen LogP) is 8.02. The van der Waals surface area contributed by atoms with Gasteiger partial charge in [0.15, 0.2) is 0 Å². The molecule has 0 unspecified atom stereocenters. The van der Waals surface area contributed by atoms with Crippen LogP contribution in [-0.2, 0) is 0 Å². The van der Waals surface area contributed by atoms with E-state index in [1.165, 1.54) is 65.3 Å². The number of hydrogen-bond donors (Lipinski definition) is 0. The molecule has 0 spiro atoms. The van der Waals surface area contributed by atoms with E-state index in [1.54, 1.807) is 0 Å². The molecule has 132 valence electrons. The third kappa shape index (κ3) is 1.95. The number of rotatable bonds is 1. The van der Waals surface area contributed by atoms with Crippen molar-refractivity contribution >= 4 is 43.1 Å². The Balaban J connectivity index is 1.96. The zero-order chi connectivity index (χ0) is 18.8. The number of benzene rings is 6. The molecule has 0 nitrogen and oxygen atoms in total. The van der Waals surface area contributed by atoms with Crippen LogP contribution in [-0.4, -0.2) is 0 Å². The van der Waals surface area contributed by atoms with Gasteiger partial charge in [0.25, 0.3) is 0 Å². The van der Waals surface area contributed by atoms with Crippen LogP contribution in [0.2, 0.25) is 0 Å². The lowest BCUT2D eigenvalue weighted by molar-refractivity contribution is 1.34. The molecule has 0 heteroatoms. The van der Waals surface area contributed by atoms with E-state index in [-0.39, 0.29) is 0 Å². The molecule has 0 aliphatic carbocycles. The van der Waals surface area contributed by atoms with Crippen LogP contribution in [0.15, 0.2) is 84.9 Å². The summed E-state index contributed by atoms with van der Waals surface area (Å²) >= 11 is 0. The minimum Gasteiger partial charge on any atom is -0.0614 e. The molecule has 0 aromatic heterocycles. The molecule has 0 heterocycles. The quantitative estimate of drug-likeness (QED) is 0.207. The summed E-state index contributed by atoms with van der Waals surface area (Å²) in [5.74, 6) is 0. The molecule has 0 radical (unpaired) electrons. The van der Waals surface area contributed by atoms with Gasteiger partial charge in [-0.25, -0.2) is 0 Å². The van der Waals surface area contributed by atoms with Gasteiger partial charge in [-0.05, 0) is 79.2 Å².